The second kappa shape index (κ2) is 3.63. The van der Waals surface area contributed by atoms with Crippen LogP contribution in [-0.2, 0) is 9.09 Å². The molecule has 54 valence electrons. The topological polar surface area (TPSA) is 92.7 Å². The van der Waals surface area contributed by atoms with Gasteiger partial charge in [-0.3, -0.25) is 0 Å². The second-order valence-electron chi connectivity index (χ2n) is 1.13. The average molecular weight is 152 g/mol. The molecule has 0 saturated carbocycles. The first-order valence-corrected chi connectivity index (χ1v) is 3.48. The molecule has 6 heteroatoms. The van der Waals surface area contributed by atoms with E-state index in [1.807, 2.05) is 0 Å². The number of phosphoric acid groups is 1. The highest BCUT2D eigenvalue weighted by Gasteiger charge is 1.84. The predicted molar refractivity (Wildman–Crippen MR) is 25.3 cm³/mol. The van der Waals surface area contributed by atoms with Gasteiger partial charge in [0.2, 0.25) is 0 Å². The van der Waals surface area contributed by atoms with Crippen molar-refractivity contribution in [3.8, 4) is 0 Å². The summed E-state index contributed by atoms with van der Waals surface area (Å²) in [5.74, 6) is 0. The van der Waals surface area contributed by atoms with Crippen LogP contribution in [0.5, 0.6) is 0 Å². The Labute approximate surface area is 51.8 Å². The number of hydrogen-bond donors (Lipinski definition) is 1. The minimum atomic E-state index is -4.86. The van der Waals surface area contributed by atoms with E-state index in [2.05, 4.69) is 4.52 Å². The number of rotatable bonds is 3. The summed E-state index contributed by atoms with van der Waals surface area (Å²) >= 11 is 0. The zero-order valence-corrected chi connectivity index (χ0v) is 5.28. The van der Waals surface area contributed by atoms with Crippen molar-refractivity contribution in [2.24, 2.45) is 0 Å². The summed E-state index contributed by atoms with van der Waals surface area (Å²) in [5.41, 5.74) is 0. The molecule has 0 aliphatic carbocycles. The lowest BCUT2D eigenvalue weighted by molar-refractivity contribution is -0.340. The Balaban J connectivity index is 3.40. The van der Waals surface area contributed by atoms with Crippen molar-refractivity contribution in [1.82, 2.24) is 0 Å². The van der Waals surface area contributed by atoms with Gasteiger partial charge in [-0.1, -0.05) is 0 Å². The third-order valence-electron chi connectivity index (χ3n) is 0.434. The van der Waals surface area contributed by atoms with Gasteiger partial charge in [0.25, 0.3) is 0 Å². The molecule has 0 amide bonds. The molecule has 0 radical (unpaired) electrons. The lowest BCUT2D eigenvalue weighted by Crippen LogP contribution is -2.16. The van der Waals surface area contributed by atoms with Crippen molar-refractivity contribution in [3.05, 3.63) is 12.3 Å². The van der Waals surface area contributed by atoms with Crippen LogP contribution in [0.1, 0.15) is 0 Å². The summed E-state index contributed by atoms with van der Waals surface area (Å²) in [6.07, 6.45) is 1.58. The smallest absolute Gasteiger partial charge is 0.0774 e. The fourth-order valence-electron chi connectivity index (χ4n) is 0.177. The summed E-state index contributed by atoms with van der Waals surface area (Å²) < 4.78 is 13.3. The number of aliphatic hydroxyl groups excluding tert-OH is 1. The Kier molecular flexibility index (Phi) is 3.49. The van der Waals surface area contributed by atoms with E-state index in [0.717, 1.165) is 6.08 Å². The van der Waals surface area contributed by atoms with Crippen LogP contribution in [0, 0.1) is 0 Å². The molecule has 0 saturated heterocycles. The van der Waals surface area contributed by atoms with E-state index in [-0.39, 0.29) is 0 Å². The first-order chi connectivity index (χ1) is 4.06. The van der Waals surface area contributed by atoms with Crippen LogP contribution in [0.4, 0.5) is 0 Å². The molecule has 0 bridgehead atoms. The summed E-state index contributed by atoms with van der Waals surface area (Å²) in [6.45, 7) is -0.416. The minimum absolute atomic E-state index is 0.416. The van der Waals surface area contributed by atoms with Gasteiger partial charge in [0, 0.05) is 0 Å². The monoisotopic (exact) mass is 152 g/mol. The molecule has 0 aromatic carbocycles. The molecule has 1 N–H and O–H groups in total. The maximum Gasteiger partial charge on any atom is 0.0774 e. The highest BCUT2D eigenvalue weighted by atomic mass is 31.2. The number of aliphatic hydroxyl groups is 1. The van der Waals surface area contributed by atoms with Gasteiger partial charge in [0.1, 0.15) is 0 Å². The fraction of sp³-hybridized carbons (Fsp3) is 0.333. The van der Waals surface area contributed by atoms with Crippen LogP contribution in [0.15, 0.2) is 12.3 Å². The van der Waals surface area contributed by atoms with Crippen LogP contribution in [0.2, 0.25) is 0 Å². The van der Waals surface area contributed by atoms with Crippen molar-refractivity contribution >= 4 is 7.82 Å². The molecule has 0 atom stereocenters. The standard InChI is InChI=1S/C3H7O5P/c4-2-1-3-8-9(5,6)7/h1-2,4H,3H2,(H2,5,6,7)/p-2/b2-1+. The Bertz CT molecular complexity index is 135. The van der Waals surface area contributed by atoms with Gasteiger partial charge < -0.3 is 24.0 Å². The molecule has 0 rings (SSSR count). The molecule has 0 aromatic heterocycles. The van der Waals surface area contributed by atoms with E-state index in [9.17, 15) is 14.4 Å². The zero-order chi connectivity index (χ0) is 7.33. The summed E-state index contributed by atoms with van der Waals surface area (Å²) in [5, 5.41) is 7.91. The zero-order valence-electron chi connectivity index (χ0n) is 4.39. The van der Waals surface area contributed by atoms with Crippen LogP contribution >= 0.6 is 7.82 Å². The minimum Gasteiger partial charge on any atom is -0.790 e. The molecule has 0 aromatic rings. The van der Waals surface area contributed by atoms with Gasteiger partial charge in [-0.25, -0.2) is 0 Å². The molecule has 0 heterocycles. The summed E-state index contributed by atoms with van der Waals surface area (Å²) in [6, 6.07) is 0. The van der Waals surface area contributed by atoms with E-state index in [0.29, 0.717) is 6.26 Å². The van der Waals surface area contributed by atoms with Crippen LogP contribution in [-0.4, -0.2) is 11.7 Å². The third-order valence-corrected chi connectivity index (χ3v) is 0.900. The van der Waals surface area contributed by atoms with Crippen molar-refractivity contribution < 1.29 is 24.0 Å². The lowest BCUT2D eigenvalue weighted by atomic mass is 10.7. The number of hydrogen-bond acceptors (Lipinski definition) is 5. The van der Waals surface area contributed by atoms with Crippen molar-refractivity contribution in [1.29, 1.82) is 0 Å². The molecular formula is C3H5O5P-2. The Morgan fingerprint density at radius 2 is 2.22 bits per heavy atom. The van der Waals surface area contributed by atoms with Crippen LogP contribution in [0.3, 0.4) is 0 Å². The Morgan fingerprint density at radius 3 is 2.56 bits per heavy atom. The van der Waals surface area contributed by atoms with Crippen molar-refractivity contribution in [2.75, 3.05) is 6.61 Å². The van der Waals surface area contributed by atoms with Gasteiger partial charge in [0.05, 0.1) is 20.7 Å². The van der Waals surface area contributed by atoms with Gasteiger partial charge in [0.15, 0.2) is 0 Å². The molecular weight excluding hydrogens is 147 g/mol. The van der Waals surface area contributed by atoms with Gasteiger partial charge in [-0.05, 0) is 6.08 Å². The Morgan fingerprint density at radius 1 is 1.67 bits per heavy atom. The van der Waals surface area contributed by atoms with Gasteiger partial charge in [-0.15, -0.1) is 0 Å². The van der Waals surface area contributed by atoms with Crippen molar-refractivity contribution in [2.45, 2.75) is 0 Å². The summed E-state index contributed by atoms with van der Waals surface area (Å²) in [7, 11) is -4.86. The first-order valence-electron chi connectivity index (χ1n) is 2.02. The molecule has 0 unspecified atom stereocenters. The highest BCUT2D eigenvalue weighted by Crippen LogP contribution is 2.23. The first kappa shape index (κ1) is 8.65. The van der Waals surface area contributed by atoms with Crippen LogP contribution in [0.25, 0.3) is 0 Å². The third kappa shape index (κ3) is 7.65. The average Bonchev–Trinajstić information content (AvgIpc) is 1.63. The van der Waals surface area contributed by atoms with Crippen LogP contribution < -0.4 is 9.79 Å². The predicted octanol–water partition coefficient (Wildman–Crippen LogP) is -1.10. The van der Waals surface area contributed by atoms with E-state index in [4.69, 9.17) is 5.11 Å². The number of phosphoric ester groups is 1. The normalized spacial score (nSPS) is 12.7. The Hall–Kier alpha value is -0.350. The van der Waals surface area contributed by atoms with E-state index < -0.39 is 14.4 Å². The maximum absolute atomic E-state index is 9.64. The highest BCUT2D eigenvalue weighted by molar-refractivity contribution is 7.43. The van der Waals surface area contributed by atoms with E-state index in [1.54, 1.807) is 0 Å². The largest absolute Gasteiger partial charge is 0.790 e. The molecule has 0 aliphatic rings. The lowest BCUT2D eigenvalue weighted by Gasteiger charge is -2.27. The molecule has 9 heavy (non-hydrogen) atoms. The molecule has 5 nitrogen and oxygen atoms in total. The van der Waals surface area contributed by atoms with E-state index in [1.165, 1.54) is 0 Å². The van der Waals surface area contributed by atoms with Gasteiger partial charge >= 0.3 is 0 Å². The maximum atomic E-state index is 9.64. The molecule has 0 fully saturated rings. The summed E-state index contributed by atoms with van der Waals surface area (Å²) in [4.78, 5) is 19.3. The fourth-order valence-corrected chi connectivity index (χ4v) is 0.446. The van der Waals surface area contributed by atoms with Gasteiger partial charge in [-0.2, -0.15) is 0 Å². The molecule has 0 aliphatic heterocycles. The molecule has 0 spiro atoms. The van der Waals surface area contributed by atoms with E-state index >= 15 is 0 Å². The van der Waals surface area contributed by atoms with Crippen molar-refractivity contribution in [3.63, 3.8) is 0 Å². The quantitative estimate of drug-likeness (QED) is 0.409. The second-order valence-corrected chi connectivity index (χ2v) is 2.28. The SMILES string of the molecule is O=P([O-])([O-])OC/C=C/O.